The number of anilines is 1. The lowest BCUT2D eigenvalue weighted by atomic mass is 9.96. The smallest absolute Gasteiger partial charge is 0.410 e. The molecule has 0 radical (unpaired) electrons. The third-order valence-electron chi connectivity index (χ3n) is 6.06. The quantitative estimate of drug-likeness (QED) is 0.455. The number of nitrogens with one attached hydrogen (secondary N) is 1. The molecular weight excluding hydrogens is 478 g/mol. The van der Waals surface area contributed by atoms with Crippen molar-refractivity contribution in [3.8, 4) is 11.8 Å². The standard InChI is InChI=1S/C26H29N5O4S/c1-3-34-22-7-5-4-6-19(22)18(2)14-24(32)29-25-21(15-27)20-8-10-31(16-23(20)36-25)26(33)35-13-12-30-11-9-28-17-30/h4-7,9,11,17-18H,3,8,10,12-14,16H2,1-2H3,(H,29,32). The molecule has 1 N–H and O–H groups in total. The van der Waals surface area contributed by atoms with Crippen molar-refractivity contribution in [2.75, 3.05) is 25.1 Å². The summed E-state index contributed by atoms with van der Waals surface area (Å²) in [4.78, 5) is 31.9. The van der Waals surface area contributed by atoms with Crippen molar-refractivity contribution in [1.82, 2.24) is 14.5 Å². The fourth-order valence-corrected chi connectivity index (χ4v) is 5.48. The predicted molar refractivity (Wildman–Crippen MR) is 136 cm³/mol. The van der Waals surface area contributed by atoms with Gasteiger partial charge in [0.1, 0.15) is 23.4 Å². The van der Waals surface area contributed by atoms with Gasteiger partial charge in [0.25, 0.3) is 0 Å². The fourth-order valence-electron chi connectivity index (χ4n) is 4.25. The summed E-state index contributed by atoms with van der Waals surface area (Å²) in [6, 6.07) is 9.97. The van der Waals surface area contributed by atoms with Crippen LogP contribution in [0.25, 0.3) is 0 Å². The number of carbonyl (C=O) groups excluding carboxylic acids is 2. The van der Waals surface area contributed by atoms with E-state index in [-0.39, 0.29) is 30.9 Å². The molecule has 3 heterocycles. The highest BCUT2D eigenvalue weighted by molar-refractivity contribution is 7.16. The molecule has 1 unspecified atom stereocenters. The first-order valence-corrected chi connectivity index (χ1v) is 12.8. The second-order valence-electron chi connectivity index (χ2n) is 8.53. The van der Waals surface area contributed by atoms with E-state index < -0.39 is 0 Å². The number of rotatable bonds is 9. The second-order valence-corrected chi connectivity index (χ2v) is 9.64. The number of aromatic nitrogens is 2. The normalized spacial score (nSPS) is 13.4. The number of hydrogen-bond acceptors (Lipinski definition) is 7. The number of carbonyl (C=O) groups is 2. The fraction of sp³-hybridized carbons (Fsp3) is 0.385. The summed E-state index contributed by atoms with van der Waals surface area (Å²) in [6.07, 6.45) is 5.56. The third kappa shape index (κ3) is 5.86. The first kappa shape index (κ1) is 25.3. The largest absolute Gasteiger partial charge is 0.494 e. The molecule has 0 fully saturated rings. The minimum atomic E-state index is -0.389. The Balaban J connectivity index is 1.37. The van der Waals surface area contributed by atoms with Crippen molar-refractivity contribution >= 4 is 28.3 Å². The van der Waals surface area contributed by atoms with Crippen molar-refractivity contribution in [3.05, 3.63) is 64.6 Å². The lowest BCUT2D eigenvalue weighted by molar-refractivity contribution is -0.116. The van der Waals surface area contributed by atoms with Gasteiger partial charge in [-0.1, -0.05) is 25.1 Å². The zero-order valence-electron chi connectivity index (χ0n) is 20.4. The van der Waals surface area contributed by atoms with Crippen LogP contribution in [0.15, 0.2) is 43.0 Å². The van der Waals surface area contributed by atoms with Gasteiger partial charge in [-0.15, -0.1) is 11.3 Å². The van der Waals surface area contributed by atoms with Crippen molar-refractivity contribution in [2.24, 2.45) is 0 Å². The topological polar surface area (TPSA) is 109 Å². The van der Waals surface area contributed by atoms with Crippen LogP contribution >= 0.6 is 11.3 Å². The highest BCUT2D eigenvalue weighted by atomic mass is 32.1. The third-order valence-corrected chi connectivity index (χ3v) is 7.19. The zero-order valence-corrected chi connectivity index (χ0v) is 21.2. The first-order chi connectivity index (χ1) is 17.5. The molecule has 0 saturated carbocycles. The number of benzene rings is 1. The van der Waals surface area contributed by atoms with E-state index in [1.165, 1.54) is 11.3 Å². The van der Waals surface area contributed by atoms with Gasteiger partial charge in [-0.3, -0.25) is 4.79 Å². The maximum Gasteiger partial charge on any atom is 0.410 e. The van der Waals surface area contributed by atoms with E-state index in [0.717, 1.165) is 21.8 Å². The lowest BCUT2D eigenvalue weighted by Gasteiger charge is -2.26. The Labute approximate surface area is 214 Å². The number of para-hydroxylation sites is 1. The van der Waals surface area contributed by atoms with Gasteiger partial charge in [-0.25, -0.2) is 9.78 Å². The highest BCUT2D eigenvalue weighted by Crippen LogP contribution is 2.37. The summed E-state index contributed by atoms with van der Waals surface area (Å²) in [5, 5.41) is 13.3. The Morgan fingerprint density at radius 3 is 2.92 bits per heavy atom. The van der Waals surface area contributed by atoms with E-state index in [1.807, 2.05) is 48.9 Å². The molecule has 0 aliphatic carbocycles. The van der Waals surface area contributed by atoms with E-state index in [9.17, 15) is 14.9 Å². The molecule has 1 aromatic carbocycles. The lowest BCUT2D eigenvalue weighted by Crippen LogP contribution is -2.36. The van der Waals surface area contributed by atoms with Crippen LogP contribution in [0.3, 0.4) is 0 Å². The summed E-state index contributed by atoms with van der Waals surface area (Å²) in [7, 11) is 0. The summed E-state index contributed by atoms with van der Waals surface area (Å²) < 4.78 is 13.0. The van der Waals surface area contributed by atoms with Gasteiger partial charge < -0.3 is 24.3 Å². The Morgan fingerprint density at radius 1 is 1.33 bits per heavy atom. The van der Waals surface area contributed by atoms with Crippen molar-refractivity contribution in [1.29, 1.82) is 5.26 Å². The maximum absolute atomic E-state index is 12.9. The summed E-state index contributed by atoms with van der Waals surface area (Å²) >= 11 is 1.35. The number of imidazole rings is 1. The van der Waals surface area contributed by atoms with Gasteiger partial charge in [0, 0.05) is 30.2 Å². The van der Waals surface area contributed by atoms with E-state index in [2.05, 4.69) is 16.4 Å². The molecule has 0 bridgehead atoms. The van der Waals surface area contributed by atoms with Crippen LogP contribution in [0.4, 0.5) is 9.80 Å². The first-order valence-electron chi connectivity index (χ1n) is 11.9. The SMILES string of the molecule is CCOc1ccccc1C(C)CC(=O)Nc1sc2c(c1C#N)CCN(C(=O)OCCn1ccnc1)C2. The monoisotopic (exact) mass is 507 g/mol. The molecule has 1 aliphatic heterocycles. The Morgan fingerprint density at radius 2 is 2.17 bits per heavy atom. The molecular formula is C26H29N5O4S. The molecule has 1 aliphatic rings. The van der Waals surface area contributed by atoms with Crippen LogP contribution in [-0.4, -0.2) is 46.2 Å². The van der Waals surface area contributed by atoms with Gasteiger partial charge in [0.05, 0.1) is 31.6 Å². The molecule has 188 valence electrons. The van der Waals surface area contributed by atoms with Gasteiger partial charge in [0.2, 0.25) is 5.91 Å². The highest BCUT2D eigenvalue weighted by Gasteiger charge is 2.28. The molecule has 3 aromatic rings. The Kier molecular flexibility index (Phi) is 8.23. The van der Waals surface area contributed by atoms with Crippen LogP contribution in [0.5, 0.6) is 5.75 Å². The number of hydrogen-bond donors (Lipinski definition) is 1. The zero-order chi connectivity index (χ0) is 25.5. The van der Waals surface area contributed by atoms with Crippen LogP contribution in [0.1, 0.15) is 47.8 Å². The van der Waals surface area contributed by atoms with Crippen molar-refractivity contribution in [2.45, 2.75) is 45.7 Å². The summed E-state index contributed by atoms with van der Waals surface area (Å²) in [6.45, 7) is 6.06. The number of amides is 2. The van der Waals surface area contributed by atoms with E-state index >= 15 is 0 Å². The van der Waals surface area contributed by atoms with Crippen LogP contribution in [-0.2, 0) is 29.0 Å². The molecule has 1 atom stereocenters. The molecule has 9 nitrogen and oxygen atoms in total. The predicted octanol–water partition coefficient (Wildman–Crippen LogP) is 4.54. The van der Waals surface area contributed by atoms with E-state index in [1.54, 1.807) is 17.4 Å². The van der Waals surface area contributed by atoms with Gasteiger partial charge in [-0.05, 0) is 36.5 Å². The minimum Gasteiger partial charge on any atom is -0.494 e. The average Bonchev–Trinajstić information content (AvgIpc) is 3.51. The average molecular weight is 508 g/mol. The molecule has 36 heavy (non-hydrogen) atoms. The van der Waals surface area contributed by atoms with Gasteiger partial charge in [-0.2, -0.15) is 5.26 Å². The van der Waals surface area contributed by atoms with E-state index in [4.69, 9.17) is 9.47 Å². The number of nitriles is 1. The number of thiophene rings is 1. The molecule has 2 amide bonds. The van der Waals surface area contributed by atoms with Gasteiger partial charge >= 0.3 is 6.09 Å². The van der Waals surface area contributed by atoms with Gasteiger partial charge in [0.15, 0.2) is 0 Å². The maximum atomic E-state index is 12.9. The molecule has 10 heteroatoms. The number of nitrogens with zero attached hydrogens (tertiary/aromatic N) is 4. The van der Waals surface area contributed by atoms with Crippen LogP contribution < -0.4 is 10.1 Å². The molecule has 4 rings (SSSR count). The minimum absolute atomic E-state index is 0.0551. The Hall–Kier alpha value is -3.84. The molecule has 0 saturated heterocycles. The summed E-state index contributed by atoms with van der Waals surface area (Å²) in [5.74, 6) is 0.557. The summed E-state index contributed by atoms with van der Waals surface area (Å²) in [5.41, 5.74) is 2.36. The van der Waals surface area contributed by atoms with Crippen molar-refractivity contribution < 1.29 is 19.1 Å². The number of fused-ring (bicyclic) bond motifs is 1. The van der Waals surface area contributed by atoms with Crippen LogP contribution in [0.2, 0.25) is 0 Å². The Bertz CT molecular complexity index is 1250. The number of ether oxygens (including phenoxy) is 2. The van der Waals surface area contributed by atoms with Crippen molar-refractivity contribution in [3.63, 3.8) is 0 Å². The molecule has 2 aromatic heterocycles. The molecule has 0 spiro atoms. The second kappa shape index (κ2) is 11.7. The van der Waals surface area contributed by atoms with E-state index in [0.29, 0.717) is 43.2 Å². The van der Waals surface area contributed by atoms with Crippen LogP contribution in [0, 0.1) is 11.3 Å².